The summed E-state index contributed by atoms with van der Waals surface area (Å²) in [5.74, 6) is 0. The first kappa shape index (κ1) is 7.72. The molecule has 0 heterocycles. The zero-order chi connectivity index (χ0) is 7.11. The third kappa shape index (κ3) is 4.58. The van der Waals surface area contributed by atoms with Crippen LogP contribution in [-0.2, 0) is 9.78 Å². The van der Waals surface area contributed by atoms with E-state index in [1.807, 2.05) is 0 Å². The number of hydrogen-bond donors (Lipinski definition) is 1. The van der Waals surface area contributed by atoms with Gasteiger partial charge in [-0.3, -0.25) is 4.89 Å². The van der Waals surface area contributed by atoms with Crippen LogP contribution in [0.1, 0.15) is 6.92 Å². The SMILES string of the molecule is CCOOC(N)=NC#N. The Morgan fingerprint density at radius 1 is 1.89 bits per heavy atom. The van der Waals surface area contributed by atoms with Crippen molar-refractivity contribution in [2.45, 2.75) is 6.92 Å². The molecule has 0 radical (unpaired) electrons. The Labute approximate surface area is 52.6 Å². The third-order valence-electron chi connectivity index (χ3n) is 0.422. The summed E-state index contributed by atoms with van der Waals surface area (Å²) in [4.78, 5) is 11.6. The molecule has 0 atom stereocenters. The van der Waals surface area contributed by atoms with Gasteiger partial charge in [0, 0.05) is 0 Å². The summed E-state index contributed by atoms with van der Waals surface area (Å²) in [6.45, 7) is 2.08. The monoisotopic (exact) mass is 129 g/mol. The Kier molecular flexibility index (Phi) is 4.18. The number of rotatable bonds is 2. The van der Waals surface area contributed by atoms with Crippen molar-refractivity contribution >= 4 is 6.02 Å². The number of nitrogens with two attached hydrogens (primary N) is 1. The minimum atomic E-state index is -0.278. The molecule has 0 aromatic carbocycles. The van der Waals surface area contributed by atoms with Gasteiger partial charge < -0.3 is 5.73 Å². The van der Waals surface area contributed by atoms with Gasteiger partial charge in [-0.05, 0) is 6.92 Å². The van der Waals surface area contributed by atoms with E-state index in [1.165, 1.54) is 6.19 Å². The van der Waals surface area contributed by atoms with E-state index >= 15 is 0 Å². The molecule has 9 heavy (non-hydrogen) atoms. The molecule has 0 aromatic heterocycles. The van der Waals surface area contributed by atoms with Crippen LogP contribution in [0.5, 0.6) is 0 Å². The van der Waals surface area contributed by atoms with Crippen LogP contribution in [0.3, 0.4) is 0 Å². The van der Waals surface area contributed by atoms with Gasteiger partial charge in [0.2, 0.25) is 6.19 Å². The Balaban J connectivity index is 3.40. The molecule has 0 saturated carbocycles. The number of hydrogen-bond acceptors (Lipinski definition) is 4. The molecule has 0 bridgehead atoms. The molecule has 50 valence electrons. The van der Waals surface area contributed by atoms with Gasteiger partial charge in [0.05, 0.1) is 6.61 Å². The maximum atomic E-state index is 7.88. The van der Waals surface area contributed by atoms with E-state index in [1.54, 1.807) is 6.92 Å². The van der Waals surface area contributed by atoms with Crippen molar-refractivity contribution in [3.05, 3.63) is 0 Å². The zero-order valence-electron chi connectivity index (χ0n) is 5.00. The fraction of sp³-hybridized carbons (Fsp3) is 0.500. The number of nitriles is 1. The van der Waals surface area contributed by atoms with Crippen LogP contribution in [0.2, 0.25) is 0 Å². The summed E-state index contributed by atoms with van der Waals surface area (Å²) in [7, 11) is 0. The molecule has 0 aromatic rings. The topological polar surface area (TPSA) is 80.6 Å². The van der Waals surface area contributed by atoms with Crippen LogP contribution in [-0.4, -0.2) is 12.6 Å². The molecule has 0 aliphatic heterocycles. The van der Waals surface area contributed by atoms with Crippen LogP contribution in [0.25, 0.3) is 0 Å². The predicted molar refractivity (Wildman–Crippen MR) is 29.9 cm³/mol. The maximum absolute atomic E-state index is 7.88. The Hall–Kier alpha value is -1.28. The van der Waals surface area contributed by atoms with Crippen molar-refractivity contribution in [3.8, 4) is 6.19 Å². The highest BCUT2D eigenvalue weighted by molar-refractivity contribution is 5.71. The van der Waals surface area contributed by atoms with Crippen molar-refractivity contribution < 1.29 is 9.78 Å². The largest absolute Gasteiger partial charge is 0.350 e. The lowest BCUT2D eigenvalue weighted by Crippen LogP contribution is -2.15. The third-order valence-corrected chi connectivity index (χ3v) is 0.422. The summed E-state index contributed by atoms with van der Waals surface area (Å²) >= 11 is 0. The summed E-state index contributed by atoms with van der Waals surface area (Å²) in [6.07, 6.45) is 1.43. The summed E-state index contributed by atoms with van der Waals surface area (Å²) < 4.78 is 0. The first-order valence-corrected chi connectivity index (χ1v) is 2.33. The Bertz CT molecular complexity index is 137. The van der Waals surface area contributed by atoms with Crippen molar-refractivity contribution in [3.63, 3.8) is 0 Å². The standard InChI is InChI=1S/C4H7N3O2/c1-2-8-9-4(6)7-3-5/h2H2,1H3,(H2,6,7). The molecule has 0 aliphatic carbocycles. The molecular formula is C4H7N3O2. The van der Waals surface area contributed by atoms with E-state index in [0.717, 1.165) is 0 Å². The minimum absolute atomic E-state index is 0.278. The van der Waals surface area contributed by atoms with Gasteiger partial charge in [-0.25, -0.2) is 0 Å². The van der Waals surface area contributed by atoms with Gasteiger partial charge in [-0.1, -0.05) is 0 Å². The molecule has 5 nitrogen and oxygen atoms in total. The van der Waals surface area contributed by atoms with E-state index in [-0.39, 0.29) is 6.02 Å². The molecule has 5 heteroatoms. The van der Waals surface area contributed by atoms with Crippen LogP contribution in [0.4, 0.5) is 0 Å². The lowest BCUT2D eigenvalue weighted by atomic mass is 10.9. The highest BCUT2D eigenvalue weighted by Gasteiger charge is 1.88. The maximum Gasteiger partial charge on any atom is 0.335 e. The fourth-order valence-corrected chi connectivity index (χ4v) is 0.187. The predicted octanol–water partition coefficient (Wildman–Crippen LogP) is -0.250. The van der Waals surface area contributed by atoms with Gasteiger partial charge in [-0.2, -0.15) is 10.1 Å². The number of aliphatic imine (C=N–C) groups is 1. The molecule has 0 rings (SSSR count). The van der Waals surface area contributed by atoms with Gasteiger partial charge in [-0.15, -0.1) is 4.99 Å². The lowest BCUT2D eigenvalue weighted by molar-refractivity contribution is -0.218. The quantitative estimate of drug-likeness (QED) is 0.183. The molecule has 0 unspecified atom stereocenters. The molecule has 0 fully saturated rings. The van der Waals surface area contributed by atoms with Crippen molar-refractivity contribution in [2.75, 3.05) is 6.61 Å². The first-order valence-electron chi connectivity index (χ1n) is 2.33. The normalized spacial score (nSPS) is 10.4. The molecule has 2 N–H and O–H groups in total. The van der Waals surface area contributed by atoms with Crippen LogP contribution >= 0.6 is 0 Å². The second-order valence-electron chi connectivity index (χ2n) is 1.04. The van der Waals surface area contributed by atoms with E-state index in [2.05, 4.69) is 14.8 Å². The summed E-state index contributed by atoms with van der Waals surface area (Å²) in [6, 6.07) is -0.278. The van der Waals surface area contributed by atoms with E-state index in [4.69, 9.17) is 11.0 Å². The van der Waals surface area contributed by atoms with E-state index in [0.29, 0.717) is 6.61 Å². The second kappa shape index (κ2) is 4.87. The lowest BCUT2D eigenvalue weighted by Gasteiger charge is -1.96. The molecule has 0 aliphatic rings. The zero-order valence-corrected chi connectivity index (χ0v) is 5.00. The van der Waals surface area contributed by atoms with Gasteiger partial charge >= 0.3 is 6.02 Å². The van der Waals surface area contributed by atoms with Crippen molar-refractivity contribution in [2.24, 2.45) is 10.7 Å². The van der Waals surface area contributed by atoms with Gasteiger partial charge in [0.15, 0.2) is 0 Å². The Morgan fingerprint density at radius 2 is 2.56 bits per heavy atom. The van der Waals surface area contributed by atoms with Crippen molar-refractivity contribution in [1.82, 2.24) is 0 Å². The average Bonchev–Trinajstić information content (AvgIpc) is 1.85. The number of amidine groups is 1. The molecule has 0 amide bonds. The highest BCUT2D eigenvalue weighted by Crippen LogP contribution is 1.76. The van der Waals surface area contributed by atoms with Crippen LogP contribution in [0, 0.1) is 11.5 Å². The van der Waals surface area contributed by atoms with Gasteiger partial charge in [0.25, 0.3) is 0 Å². The van der Waals surface area contributed by atoms with Gasteiger partial charge in [0.1, 0.15) is 0 Å². The summed E-state index contributed by atoms with van der Waals surface area (Å²) in [5, 5.41) is 7.88. The number of nitrogens with zero attached hydrogens (tertiary/aromatic N) is 2. The van der Waals surface area contributed by atoms with Crippen LogP contribution in [0.15, 0.2) is 4.99 Å². The van der Waals surface area contributed by atoms with Crippen LogP contribution < -0.4 is 5.73 Å². The van der Waals surface area contributed by atoms with Crippen molar-refractivity contribution in [1.29, 1.82) is 5.26 Å². The molecule has 0 spiro atoms. The van der Waals surface area contributed by atoms with E-state index in [9.17, 15) is 0 Å². The minimum Gasteiger partial charge on any atom is -0.350 e. The molecule has 0 saturated heterocycles. The summed E-state index contributed by atoms with van der Waals surface area (Å²) in [5.41, 5.74) is 4.95. The highest BCUT2D eigenvalue weighted by atomic mass is 17.2. The fourth-order valence-electron chi connectivity index (χ4n) is 0.187. The first-order chi connectivity index (χ1) is 4.31. The van der Waals surface area contributed by atoms with E-state index < -0.39 is 0 Å². The molecular weight excluding hydrogens is 122 g/mol. The second-order valence-corrected chi connectivity index (χ2v) is 1.04. The average molecular weight is 129 g/mol. The smallest absolute Gasteiger partial charge is 0.335 e. The Morgan fingerprint density at radius 3 is 3.00 bits per heavy atom.